The van der Waals surface area contributed by atoms with Crippen LogP contribution in [0.25, 0.3) is 11.3 Å². The van der Waals surface area contributed by atoms with Crippen LogP contribution in [0, 0.1) is 0 Å². The molecule has 0 spiro atoms. The van der Waals surface area contributed by atoms with Gasteiger partial charge in [-0.2, -0.15) is 0 Å². The van der Waals surface area contributed by atoms with Gasteiger partial charge in [0.15, 0.2) is 0 Å². The number of fused-ring (bicyclic) bond motifs is 1. The molecule has 1 atom stereocenters. The van der Waals surface area contributed by atoms with Crippen LogP contribution >= 0.6 is 0 Å². The quantitative estimate of drug-likeness (QED) is 0.724. The molecular weight excluding hydrogens is 256 g/mol. The minimum Gasteiger partial charge on any atom is -0.357 e. The van der Waals surface area contributed by atoms with Gasteiger partial charge in [-0.05, 0) is 35.2 Å². The van der Waals surface area contributed by atoms with Crippen LogP contribution in [0.1, 0.15) is 22.9 Å². The van der Waals surface area contributed by atoms with Crippen molar-refractivity contribution in [1.82, 2.24) is 10.3 Å². The van der Waals surface area contributed by atoms with E-state index in [0.717, 1.165) is 13.0 Å². The highest BCUT2D eigenvalue weighted by Gasteiger charge is 2.20. The van der Waals surface area contributed by atoms with Crippen molar-refractivity contribution in [3.63, 3.8) is 0 Å². The SMILES string of the molecule is c1ccc(-c2ccc(C3Cc4ccccc4CN3)[nH]2)cc1. The number of benzene rings is 2. The van der Waals surface area contributed by atoms with Crippen LogP contribution in [-0.2, 0) is 13.0 Å². The lowest BCUT2D eigenvalue weighted by molar-refractivity contribution is 0.490. The summed E-state index contributed by atoms with van der Waals surface area (Å²) < 4.78 is 0. The van der Waals surface area contributed by atoms with Crippen LogP contribution in [0.5, 0.6) is 0 Å². The summed E-state index contributed by atoms with van der Waals surface area (Å²) in [6, 6.07) is 23.9. The average Bonchev–Trinajstić information content (AvgIpc) is 3.05. The zero-order chi connectivity index (χ0) is 14.1. The first kappa shape index (κ1) is 12.4. The third kappa shape index (κ3) is 2.39. The zero-order valence-corrected chi connectivity index (χ0v) is 11.8. The van der Waals surface area contributed by atoms with Gasteiger partial charge < -0.3 is 10.3 Å². The lowest BCUT2D eigenvalue weighted by Gasteiger charge is -2.25. The molecule has 2 heterocycles. The van der Waals surface area contributed by atoms with Crippen molar-refractivity contribution in [2.24, 2.45) is 0 Å². The van der Waals surface area contributed by atoms with Gasteiger partial charge in [0.25, 0.3) is 0 Å². The Kier molecular flexibility index (Phi) is 3.09. The fourth-order valence-corrected chi connectivity index (χ4v) is 3.08. The van der Waals surface area contributed by atoms with Gasteiger partial charge in [0.2, 0.25) is 0 Å². The van der Waals surface area contributed by atoms with Crippen molar-refractivity contribution >= 4 is 0 Å². The second-order valence-corrected chi connectivity index (χ2v) is 5.60. The Balaban J connectivity index is 1.60. The molecule has 0 radical (unpaired) electrons. The molecule has 104 valence electrons. The van der Waals surface area contributed by atoms with E-state index in [4.69, 9.17) is 0 Å². The highest BCUT2D eigenvalue weighted by molar-refractivity contribution is 5.59. The van der Waals surface area contributed by atoms with E-state index in [1.54, 1.807) is 0 Å². The molecule has 2 nitrogen and oxygen atoms in total. The van der Waals surface area contributed by atoms with Crippen molar-refractivity contribution in [3.8, 4) is 11.3 Å². The number of nitrogens with one attached hydrogen (secondary N) is 2. The van der Waals surface area contributed by atoms with Crippen molar-refractivity contribution in [2.45, 2.75) is 19.0 Å². The van der Waals surface area contributed by atoms with E-state index in [9.17, 15) is 0 Å². The molecule has 4 rings (SSSR count). The van der Waals surface area contributed by atoms with Crippen LogP contribution in [0.4, 0.5) is 0 Å². The van der Waals surface area contributed by atoms with Crippen molar-refractivity contribution < 1.29 is 0 Å². The van der Waals surface area contributed by atoms with Crippen LogP contribution in [0.3, 0.4) is 0 Å². The van der Waals surface area contributed by atoms with E-state index in [1.807, 2.05) is 6.07 Å². The van der Waals surface area contributed by atoms with Crippen LogP contribution in [0.2, 0.25) is 0 Å². The minimum absolute atomic E-state index is 0.373. The standard InChI is InChI=1S/C19H18N2/c1-2-6-14(7-3-1)17-10-11-18(21-17)19-12-15-8-4-5-9-16(15)13-20-19/h1-11,19-21H,12-13H2. The topological polar surface area (TPSA) is 27.8 Å². The Morgan fingerprint density at radius 3 is 2.38 bits per heavy atom. The molecule has 0 saturated carbocycles. The molecule has 0 amide bonds. The largest absolute Gasteiger partial charge is 0.357 e. The first-order valence-corrected chi connectivity index (χ1v) is 7.44. The van der Waals surface area contributed by atoms with Gasteiger partial charge in [0, 0.05) is 17.9 Å². The second kappa shape index (κ2) is 5.23. The number of rotatable bonds is 2. The molecule has 3 aromatic rings. The van der Waals surface area contributed by atoms with E-state index in [2.05, 4.69) is 71.0 Å². The molecule has 0 saturated heterocycles. The fraction of sp³-hybridized carbons (Fsp3) is 0.158. The fourth-order valence-electron chi connectivity index (χ4n) is 3.08. The van der Waals surface area contributed by atoms with E-state index in [-0.39, 0.29) is 0 Å². The maximum atomic E-state index is 3.63. The minimum atomic E-state index is 0.373. The maximum absolute atomic E-state index is 3.63. The molecule has 1 unspecified atom stereocenters. The smallest absolute Gasteiger partial charge is 0.0516 e. The van der Waals surface area contributed by atoms with E-state index in [0.29, 0.717) is 6.04 Å². The van der Waals surface area contributed by atoms with E-state index >= 15 is 0 Å². The zero-order valence-electron chi connectivity index (χ0n) is 11.8. The molecule has 21 heavy (non-hydrogen) atoms. The highest BCUT2D eigenvalue weighted by Crippen LogP contribution is 2.27. The van der Waals surface area contributed by atoms with Gasteiger partial charge in [-0.15, -0.1) is 0 Å². The monoisotopic (exact) mass is 274 g/mol. The number of H-pyrrole nitrogens is 1. The highest BCUT2D eigenvalue weighted by atomic mass is 15.0. The van der Waals surface area contributed by atoms with Crippen molar-refractivity contribution in [3.05, 3.63) is 83.6 Å². The maximum Gasteiger partial charge on any atom is 0.0516 e. The predicted molar refractivity (Wildman–Crippen MR) is 86.0 cm³/mol. The molecule has 2 heteroatoms. The van der Waals surface area contributed by atoms with Crippen LogP contribution in [-0.4, -0.2) is 4.98 Å². The molecule has 2 aromatic carbocycles. The Morgan fingerprint density at radius 1 is 0.762 bits per heavy atom. The summed E-state index contributed by atoms with van der Waals surface area (Å²) in [7, 11) is 0. The van der Waals surface area contributed by atoms with Crippen LogP contribution in [0.15, 0.2) is 66.7 Å². The van der Waals surface area contributed by atoms with Gasteiger partial charge in [0.1, 0.15) is 0 Å². The Hall–Kier alpha value is -2.32. The Labute approximate surface area is 124 Å². The molecule has 1 aliphatic heterocycles. The summed E-state index contributed by atoms with van der Waals surface area (Å²) in [5, 5.41) is 3.63. The van der Waals surface area contributed by atoms with Gasteiger partial charge in [-0.1, -0.05) is 54.6 Å². The molecule has 2 N–H and O–H groups in total. The summed E-state index contributed by atoms with van der Waals surface area (Å²) in [6.45, 7) is 0.945. The van der Waals surface area contributed by atoms with Crippen molar-refractivity contribution in [2.75, 3.05) is 0 Å². The predicted octanol–water partition coefficient (Wildman–Crippen LogP) is 4.07. The third-order valence-electron chi connectivity index (χ3n) is 4.25. The molecular formula is C19H18N2. The van der Waals surface area contributed by atoms with E-state index in [1.165, 1.54) is 28.1 Å². The summed E-state index contributed by atoms with van der Waals surface area (Å²) in [6.07, 6.45) is 1.05. The molecule has 0 fully saturated rings. The van der Waals surface area contributed by atoms with E-state index < -0.39 is 0 Å². The van der Waals surface area contributed by atoms with Gasteiger partial charge in [-0.3, -0.25) is 0 Å². The summed E-state index contributed by atoms with van der Waals surface area (Å²) in [4.78, 5) is 3.57. The third-order valence-corrected chi connectivity index (χ3v) is 4.25. The first-order chi connectivity index (χ1) is 10.4. The van der Waals surface area contributed by atoms with Gasteiger partial charge in [-0.25, -0.2) is 0 Å². The molecule has 0 bridgehead atoms. The van der Waals surface area contributed by atoms with Gasteiger partial charge in [0.05, 0.1) is 6.04 Å². The second-order valence-electron chi connectivity index (χ2n) is 5.60. The van der Waals surface area contributed by atoms with Crippen molar-refractivity contribution in [1.29, 1.82) is 0 Å². The molecule has 1 aliphatic rings. The summed E-state index contributed by atoms with van der Waals surface area (Å²) in [5.41, 5.74) is 6.57. The van der Waals surface area contributed by atoms with Crippen LogP contribution < -0.4 is 5.32 Å². The first-order valence-electron chi connectivity index (χ1n) is 7.44. The lowest BCUT2D eigenvalue weighted by Crippen LogP contribution is -2.28. The molecule has 1 aromatic heterocycles. The molecule has 0 aliphatic carbocycles. The van der Waals surface area contributed by atoms with Gasteiger partial charge >= 0.3 is 0 Å². The number of aromatic nitrogens is 1. The number of hydrogen-bond acceptors (Lipinski definition) is 1. The Morgan fingerprint density at radius 2 is 1.52 bits per heavy atom. The normalized spacial score (nSPS) is 17.4. The lowest BCUT2D eigenvalue weighted by atomic mass is 9.94. The average molecular weight is 274 g/mol. The summed E-state index contributed by atoms with van der Waals surface area (Å²) in [5.74, 6) is 0. The summed E-state index contributed by atoms with van der Waals surface area (Å²) >= 11 is 0. The Bertz CT molecular complexity index is 743. The number of aromatic amines is 1. The number of hydrogen-bond donors (Lipinski definition) is 2.